The maximum absolute atomic E-state index is 6.09. The van der Waals surface area contributed by atoms with Crippen molar-refractivity contribution in [3.05, 3.63) is 35.4 Å². The highest BCUT2D eigenvalue weighted by Crippen LogP contribution is 2.30. The first kappa shape index (κ1) is 11.6. The molecule has 0 aliphatic heterocycles. The van der Waals surface area contributed by atoms with Crippen LogP contribution in [0.25, 0.3) is 0 Å². The summed E-state index contributed by atoms with van der Waals surface area (Å²) in [5, 5.41) is 0.430. The van der Waals surface area contributed by atoms with Gasteiger partial charge in [0.25, 0.3) is 0 Å². The van der Waals surface area contributed by atoms with Gasteiger partial charge in [0.1, 0.15) is 0 Å². The lowest BCUT2D eigenvalue weighted by Gasteiger charge is -2.21. The van der Waals surface area contributed by atoms with Crippen LogP contribution in [0, 0.1) is 6.92 Å². The van der Waals surface area contributed by atoms with Gasteiger partial charge in [-0.2, -0.15) is 11.8 Å². The van der Waals surface area contributed by atoms with Crippen LogP contribution in [0.4, 0.5) is 0 Å². The molecule has 78 valence electrons. The predicted octanol–water partition coefficient (Wildman–Crippen LogP) is 3.14. The highest BCUT2D eigenvalue weighted by atomic mass is 32.2. The van der Waals surface area contributed by atoms with Gasteiger partial charge in [0.15, 0.2) is 0 Å². The third kappa shape index (κ3) is 2.76. The molecule has 1 aromatic carbocycles. The van der Waals surface area contributed by atoms with Crippen LogP contribution in [0.3, 0.4) is 0 Å². The van der Waals surface area contributed by atoms with Crippen molar-refractivity contribution in [2.45, 2.75) is 31.6 Å². The van der Waals surface area contributed by atoms with Crippen molar-refractivity contribution >= 4 is 11.8 Å². The van der Waals surface area contributed by atoms with Crippen molar-refractivity contribution in [1.29, 1.82) is 0 Å². The molecule has 0 aliphatic rings. The van der Waals surface area contributed by atoms with E-state index in [1.54, 1.807) is 0 Å². The second kappa shape index (κ2) is 5.42. The zero-order valence-electron chi connectivity index (χ0n) is 9.16. The van der Waals surface area contributed by atoms with Crippen molar-refractivity contribution in [1.82, 2.24) is 0 Å². The molecule has 0 bridgehead atoms. The molecule has 1 aromatic rings. The number of aryl methyl sites for hydroxylation is 1. The largest absolute Gasteiger partial charge is 0.326 e. The van der Waals surface area contributed by atoms with Gasteiger partial charge in [-0.3, -0.25) is 0 Å². The van der Waals surface area contributed by atoms with Gasteiger partial charge in [0, 0.05) is 11.3 Å². The van der Waals surface area contributed by atoms with E-state index in [1.165, 1.54) is 11.1 Å². The fourth-order valence-corrected chi connectivity index (χ4v) is 2.58. The molecule has 0 saturated heterocycles. The van der Waals surface area contributed by atoms with E-state index in [-0.39, 0.29) is 6.04 Å². The molecule has 2 heteroatoms. The standard InChI is InChI=1S/C12H19NS/c1-4-11(13)12(14-3)10-7-5-6-9(2)8-10/h5-8,11-12H,4,13H2,1-3H3. The number of hydrogen-bond donors (Lipinski definition) is 1. The van der Waals surface area contributed by atoms with E-state index in [4.69, 9.17) is 5.73 Å². The smallest absolute Gasteiger partial charge is 0.0445 e. The summed E-state index contributed by atoms with van der Waals surface area (Å²) >= 11 is 1.84. The van der Waals surface area contributed by atoms with Crippen LogP contribution in [0.15, 0.2) is 24.3 Å². The molecular formula is C12H19NS. The first-order valence-corrected chi connectivity index (χ1v) is 6.32. The minimum atomic E-state index is 0.256. The molecule has 1 rings (SSSR count). The van der Waals surface area contributed by atoms with Crippen LogP contribution in [-0.4, -0.2) is 12.3 Å². The average molecular weight is 209 g/mol. The van der Waals surface area contributed by atoms with Gasteiger partial charge in [-0.25, -0.2) is 0 Å². The summed E-state index contributed by atoms with van der Waals surface area (Å²) in [6, 6.07) is 8.89. The number of thioether (sulfide) groups is 1. The molecule has 0 amide bonds. The van der Waals surface area contributed by atoms with Crippen LogP contribution in [0.2, 0.25) is 0 Å². The fraction of sp³-hybridized carbons (Fsp3) is 0.500. The van der Waals surface area contributed by atoms with E-state index >= 15 is 0 Å². The van der Waals surface area contributed by atoms with Gasteiger partial charge in [-0.1, -0.05) is 36.8 Å². The Morgan fingerprint density at radius 3 is 2.64 bits per heavy atom. The lowest BCUT2D eigenvalue weighted by atomic mass is 10.0. The van der Waals surface area contributed by atoms with E-state index in [2.05, 4.69) is 44.4 Å². The van der Waals surface area contributed by atoms with Crippen LogP contribution >= 0.6 is 11.8 Å². The maximum atomic E-state index is 6.09. The Morgan fingerprint density at radius 2 is 2.14 bits per heavy atom. The SMILES string of the molecule is CCC(N)C(SC)c1cccc(C)c1. The highest BCUT2D eigenvalue weighted by Gasteiger charge is 2.16. The van der Waals surface area contributed by atoms with Gasteiger partial charge in [-0.15, -0.1) is 0 Å². The maximum Gasteiger partial charge on any atom is 0.0445 e. The summed E-state index contributed by atoms with van der Waals surface area (Å²) in [5.41, 5.74) is 8.75. The molecular weight excluding hydrogens is 190 g/mol. The summed E-state index contributed by atoms with van der Waals surface area (Å²) in [6.45, 7) is 4.27. The Balaban J connectivity index is 2.89. The molecule has 1 nitrogen and oxygen atoms in total. The number of benzene rings is 1. The summed E-state index contributed by atoms with van der Waals surface area (Å²) < 4.78 is 0. The number of nitrogens with two attached hydrogens (primary N) is 1. The van der Waals surface area contributed by atoms with Gasteiger partial charge in [0.2, 0.25) is 0 Å². The van der Waals surface area contributed by atoms with E-state index in [9.17, 15) is 0 Å². The molecule has 2 unspecified atom stereocenters. The number of hydrogen-bond acceptors (Lipinski definition) is 2. The summed E-state index contributed by atoms with van der Waals surface area (Å²) in [5.74, 6) is 0. The molecule has 14 heavy (non-hydrogen) atoms. The van der Waals surface area contributed by atoms with Crippen molar-refractivity contribution in [2.75, 3.05) is 6.26 Å². The van der Waals surface area contributed by atoms with E-state index < -0.39 is 0 Å². The Bertz CT molecular complexity index is 285. The Labute approximate surface area is 91.1 Å². The monoisotopic (exact) mass is 209 g/mol. The Morgan fingerprint density at radius 1 is 1.43 bits per heavy atom. The van der Waals surface area contributed by atoms with Gasteiger partial charge >= 0.3 is 0 Å². The molecule has 2 atom stereocenters. The molecule has 0 spiro atoms. The first-order valence-electron chi connectivity index (χ1n) is 5.04. The zero-order chi connectivity index (χ0) is 10.6. The molecule has 0 fully saturated rings. The lowest BCUT2D eigenvalue weighted by molar-refractivity contribution is 0.635. The topological polar surface area (TPSA) is 26.0 Å². The lowest BCUT2D eigenvalue weighted by Crippen LogP contribution is -2.25. The van der Waals surface area contributed by atoms with Crippen molar-refractivity contribution < 1.29 is 0 Å². The number of rotatable bonds is 4. The summed E-state index contributed by atoms with van der Waals surface area (Å²) in [6.07, 6.45) is 3.15. The van der Waals surface area contributed by atoms with Crippen LogP contribution in [-0.2, 0) is 0 Å². The normalized spacial score (nSPS) is 15.1. The van der Waals surface area contributed by atoms with Crippen LogP contribution in [0.5, 0.6) is 0 Å². The van der Waals surface area contributed by atoms with Crippen LogP contribution in [0.1, 0.15) is 29.7 Å². The minimum Gasteiger partial charge on any atom is -0.326 e. The van der Waals surface area contributed by atoms with Crippen molar-refractivity contribution in [3.63, 3.8) is 0 Å². The minimum absolute atomic E-state index is 0.256. The average Bonchev–Trinajstić information content (AvgIpc) is 2.19. The third-order valence-electron chi connectivity index (χ3n) is 2.48. The highest BCUT2D eigenvalue weighted by molar-refractivity contribution is 7.98. The fourth-order valence-electron chi connectivity index (χ4n) is 1.62. The van der Waals surface area contributed by atoms with Gasteiger partial charge < -0.3 is 5.73 Å². The molecule has 0 radical (unpaired) electrons. The van der Waals surface area contributed by atoms with E-state index in [0.717, 1.165) is 6.42 Å². The van der Waals surface area contributed by atoms with Crippen molar-refractivity contribution in [3.8, 4) is 0 Å². The summed E-state index contributed by atoms with van der Waals surface area (Å²) in [4.78, 5) is 0. The predicted molar refractivity (Wildman–Crippen MR) is 65.7 cm³/mol. The Hall–Kier alpha value is -0.470. The Kier molecular flexibility index (Phi) is 4.49. The second-order valence-electron chi connectivity index (χ2n) is 3.64. The molecule has 0 aliphatic carbocycles. The summed E-state index contributed by atoms with van der Waals surface area (Å²) in [7, 11) is 0. The van der Waals surface area contributed by atoms with Crippen LogP contribution < -0.4 is 5.73 Å². The third-order valence-corrected chi connectivity index (χ3v) is 3.61. The molecule has 2 N–H and O–H groups in total. The van der Waals surface area contributed by atoms with Crippen molar-refractivity contribution in [2.24, 2.45) is 5.73 Å². The quantitative estimate of drug-likeness (QED) is 0.824. The zero-order valence-corrected chi connectivity index (χ0v) is 9.97. The van der Waals surface area contributed by atoms with E-state index in [0.29, 0.717) is 5.25 Å². The molecule has 0 heterocycles. The van der Waals surface area contributed by atoms with E-state index in [1.807, 2.05) is 11.8 Å². The van der Waals surface area contributed by atoms with Gasteiger partial charge in [-0.05, 0) is 25.2 Å². The molecule has 0 aromatic heterocycles. The second-order valence-corrected chi connectivity index (χ2v) is 4.62. The molecule has 0 saturated carbocycles. The van der Waals surface area contributed by atoms with Gasteiger partial charge in [0.05, 0.1) is 0 Å². The first-order chi connectivity index (χ1) is 6.69.